The van der Waals surface area contributed by atoms with Crippen molar-refractivity contribution in [3.8, 4) is 0 Å². The number of benzene rings is 1. The number of hydrogen-bond acceptors (Lipinski definition) is 5. The van der Waals surface area contributed by atoms with Crippen LogP contribution in [0.15, 0.2) is 41.8 Å². The number of carbonyl (C=O) groups is 1. The molecule has 2 aromatic heterocycles. The van der Waals surface area contributed by atoms with E-state index < -0.39 is 0 Å². The van der Waals surface area contributed by atoms with E-state index in [9.17, 15) is 4.79 Å². The molecule has 1 aromatic carbocycles. The van der Waals surface area contributed by atoms with E-state index in [1.54, 1.807) is 4.68 Å². The summed E-state index contributed by atoms with van der Waals surface area (Å²) in [6.07, 6.45) is 0. The molecule has 0 spiro atoms. The highest BCUT2D eigenvalue weighted by Gasteiger charge is 2.23. The summed E-state index contributed by atoms with van der Waals surface area (Å²) in [7, 11) is 3.99. The average molecular weight is 398 g/mol. The number of thiazole rings is 1. The van der Waals surface area contributed by atoms with Crippen LogP contribution in [0.4, 0.5) is 5.13 Å². The van der Waals surface area contributed by atoms with Crippen molar-refractivity contribution in [3.05, 3.63) is 64.4 Å². The largest absolute Gasteiger partial charge is 0.304 e. The molecule has 7 heteroatoms. The van der Waals surface area contributed by atoms with Gasteiger partial charge in [-0.1, -0.05) is 51.1 Å². The minimum Gasteiger partial charge on any atom is -0.304 e. The molecular weight excluding hydrogens is 370 g/mol. The Balaban J connectivity index is 1.85. The molecule has 0 aliphatic rings. The standard InChI is InChI=1S/C21H27N5OS/c1-21(2,3)18-11-17(26(24-18)12-15-9-7-6-8-10-15)19(27)23-20-22-16(14-28-20)13-25(4)5/h6-11,14H,12-13H2,1-5H3,(H,22,23,27). The molecule has 0 unspecified atom stereocenters. The Bertz CT molecular complexity index is 937. The first kappa shape index (κ1) is 20.2. The fourth-order valence-electron chi connectivity index (χ4n) is 2.77. The Hall–Kier alpha value is -2.51. The van der Waals surface area contributed by atoms with Crippen molar-refractivity contribution in [3.63, 3.8) is 0 Å². The van der Waals surface area contributed by atoms with Gasteiger partial charge in [0.05, 0.1) is 17.9 Å². The van der Waals surface area contributed by atoms with Gasteiger partial charge in [0, 0.05) is 17.3 Å². The van der Waals surface area contributed by atoms with E-state index in [-0.39, 0.29) is 11.3 Å². The molecule has 1 N–H and O–H groups in total. The molecule has 3 aromatic rings. The van der Waals surface area contributed by atoms with Crippen LogP contribution in [0.5, 0.6) is 0 Å². The highest BCUT2D eigenvalue weighted by molar-refractivity contribution is 7.13. The van der Waals surface area contributed by atoms with Gasteiger partial charge in [0.2, 0.25) is 0 Å². The van der Waals surface area contributed by atoms with Crippen molar-refractivity contribution >= 4 is 22.4 Å². The monoisotopic (exact) mass is 397 g/mol. The van der Waals surface area contributed by atoms with Crippen molar-refractivity contribution in [1.82, 2.24) is 19.7 Å². The first-order chi connectivity index (χ1) is 13.2. The van der Waals surface area contributed by atoms with Crippen molar-refractivity contribution in [2.75, 3.05) is 19.4 Å². The van der Waals surface area contributed by atoms with Crippen LogP contribution in [0.2, 0.25) is 0 Å². The second-order valence-electron chi connectivity index (χ2n) is 8.14. The van der Waals surface area contributed by atoms with E-state index in [4.69, 9.17) is 5.10 Å². The summed E-state index contributed by atoms with van der Waals surface area (Å²) in [5.41, 5.74) is 3.33. The third-order valence-corrected chi connectivity index (χ3v) is 5.01. The normalized spacial score (nSPS) is 11.8. The number of aromatic nitrogens is 3. The minimum atomic E-state index is -0.190. The van der Waals surface area contributed by atoms with Crippen molar-refractivity contribution in [1.29, 1.82) is 0 Å². The van der Waals surface area contributed by atoms with E-state index in [0.29, 0.717) is 17.4 Å². The maximum Gasteiger partial charge on any atom is 0.275 e. The molecule has 0 radical (unpaired) electrons. The molecule has 148 valence electrons. The van der Waals surface area contributed by atoms with E-state index in [2.05, 4.69) is 31.1 Å². The lowest BCUT2D eigenvalue weighted by molar-refractivity contribution is 0.101. The zero-order chi connectivity index (χ0) is 20.3. The maximum absolute atomic E-state index is 13.0. The molecule has 28 heavy (non-hydrogen) atoms. The van der Waals surface area contributed by atoms with Crippen molar-refractivity contribution < 1.29 is 4.79 Å². The second kappa shape index (κ2) is 8.24. The molecule has 1 amide bonds. The Morgan fingerprint density at radius 2 is 1.93 bits per heavy atom. The predicted octanol–water partition coefficient (Wildman–Crippen LogP) is 4.00. The maximum atomic E-state index is 13.0. The van der Waals surface area contributed by atoms with Gasteiger partial charge < -0.3 is 4.90 Å². The number of hydrogen-bond donors (Lipinski definition) is 1. The van der Waals surface area contributed by atoms with Crippen LogP contribution in [0.3, 0.4) is 0 Å². The van der Waals surface area contributed by atoms with Crippen LogP contribution in [0.1, 0.15) is 48.2 Å². The summed E-state index contributed by atoms with van der Waals surface area (Å²) >= 11 is 1.44. The zero-order valence-electron chi connectivity index (χ0n) is 17.1. The van der Waals surface area contributed by atoms with Gasteiger partial charge in [-0.25, -0.2) is 4.98 Å². The van der Waals surface area contributed by atoms with Crippen LogP contribution < -0.4 is 5.32 Å². The summed E-state index contributed by atoms with van der Waals surface area (Å²) < 4.78 is 1.78. The van der Waals surface area contributed by atoms with Gasteiger partial charge >= 0.3 is 0 Å². The van der Waals surface area contributed by atoms with Gasteiger partial charge in [-0.3, -0.25) is 14.8 Å². The molecule has 6 nitrogen and oxygen atoms in total. The summed E-state index contributed by atoms with van der Waals surface area (Å²) in [5.74, 6) is -0.190. The molecule has 2 heterocycles. The predicted molar refractivity (Wildman–Crippen MR) is 114 cm³/mol. The van der Waals surface area contributed by atoms with E-state index in [0.717, 1.165) is 23.5 Å². The van der Waals surface area contributed by atoms with Gasteiger partial charge in [-0.2, -0.15) is 5.10 Å². The third kappa shape index (κ3) is 5.05. The van der Waals surface area contributed by atoms with Crippen LogP contribution in [-0.4, -0.2) is 39.7 Å². The first-order valence-electron chi connectivity index (χ1n) is 9.25. The fraction of sp³-hybridized carbons (Fsp3) is 0.381. The highest BCUT2D eigenvalue weighted by Crippen LogP contribution is 2.24. The number of carbonyl (C=O) groups excluding carboxylic acids is 1. The van der Waals surface area contributed by atoms with Gasteiger partial charge in [0.1, 0.15) is 5.69 Å². The molecule has 0 saturated carbocycles. The Morgan fingerprint density at radius 1 is 1.21 bits per heavy atom. The van der Waals surface area contributed by atoms with Crippen LogP contribution in [-0.2, 0) is 18.5 Å². The second-order valence-corrected chi connectivity index (χ2v) is 9.00. The number of rotatable bonds is 6. The Kier molecular flexibility index (Phi) is 5.96. The van der Waals surface area contributed by atoms with Crippen LogP contribution in [0.25, 0.3) is 0 Å². The molecular formula is C21H27N5OS. The average Bonchev–Trinajstić information content (AvgIpc) is 3.22. The van der Waals surface area contributed by atoms with Crippen molar-refractivity contribution in [2.45, 2.75) is 39.3 Å². The summed E-state index contributed by atoms with van der Waals surface area (Å²) in [6, 6.07) is 11.9. The van der Waals surface area contributed by atoms with Gasteiger partial charge in [-0.05, 0) is 25.7 Å². The summed E-state index contributed by atoms with van der Waals surface area (Å²) in [4.78, 5) is 19.5. The Labute approximate surface area is 170 Å². The zero-order valence-corrected chi connectivity index (χ0v) is 17.9. The molecule has 0 aliphatic carbocycles. The van der Waals surface area contributed by atoms with Gasteiger partial charge in [-0.15, -0.1) is 11.3 Å². The summed E-state index contributed by atoms with van der Waals surface area (Å²) in [6.45, 7) is 7.57. The van der Waals surface area contributed by atoms with E-state index in [1.165, 1.54) is 11.3 Å². The lowest BCUT2D eigenvalue weighted by atomic mass is 9.92. The molecule has 0 bridgehead atoms. The highest BCUT2D eigenvalue weighted by atomic mass is 32.1. The lowest BCUT2D eigenvalue weighted by Gasteiger charge is -2.14. The first-order valence-corrected chi connectivity index (χ1v) is 10.1. The SMILES string of the molecule is CN(C)Cc1csc(NC(=O)c2cc(C(C)(C)C)nn2Cc2ccccc2)n1. The fourth-order valence-corrected chi connectivity index (χ4v) is 3.46. The number of nitrogens with zero attached hydrogens (tertiary/aromatic N) is 4. The molecule has 0 fully saturated rings. The Morgan fingerprint density at radius 3 is 2.57 bits per heavy atom. The summed E-state index contributed by atoms with van der Waals surface area (Å²) in [5, 5.41) is 10.2. The number of amides is 1. The van der Waals surface area contributed by atoms with E-state index >= 15 is 0 Å². The van der Waals surface area contributed by atoms with Crippen LogP contribution in [0, 0.1) is 0 Å². The van der Waals surface area contributed by atoms with E-state index in [1.807, 2.05) is 60.8 Å². The number of anilines is 1. The smallest absolute Gasteiger partial charge is 0.275 e. The molecule has 0 aliphatic heterocycles. The topological polar surface area (TPSA) is 63.1 Å². The van der Waals surface area contributed by atoms with Crippen LogP contribution >= 0.6 is 11.3 Å². The van der Waals surface area contributed by atoms with Crippen molar-refractivity contribution in [2.24, 2.45) is 0 Å². The van der Waals surface area contributed by atoms with Gasteiger partial charge in [0.25, 0.3) is 5.91 Å². The molecule has 0 atom stereocenters. The quantitative estimate of drug-likeness (QED) is 0.683. The lowest BCUT2D eigenvalue weighted by Crippen LogP contribution is -2.18. The number of nitrogens with one attached hydrogen (secondary N) is 1. The minimum absolute atomic E-state index is 0.142. The van der Waals surface area contributed by atoms with Gasteiger partial charge in [0.15, 0.2) is 5.13 Å². The third-order valence-electron chi connectivity index (χ3n) is 4.21. The molecule has 0 saturated heterocycles. The molecule has 3 rings (SSSR count).